The number of hydrogen-bond acceptors (Lipinski definition) is 3. The summed E-state index contributed by atoms with van der Waals surface area (Å²) < 4.78 is 0. The van der Waals surface area contributed by atoms with Gasteiger partial charge in [0.2, 0.25) is 5.91 Å². The molecule has 1 heterocycles. The molecule has 25 heavy (non-hydrogen) atoms. The summed E-state index contributed by atoms with van der Waals surface area (Å²) in [4.78, 5) is 38.7. The molecule has 0 aromatic heterocycles. The monoisotopic (exact) mass is 343 g/mol. The molecular formula is C19H25N3O3. The Labute approximate surface area is 148 Å². The quantitative estimate of drug-likeness (QED) is 0.828. The molecule has 2 fully saturated rings. The molecule has 0 bridgehead atoms. The second-order valence-corrected chi connectivity index (χ2v) is 7.24. The Morgan fingerprint density at radius 2 is 2.08 bits per heavy atom. The second-order valence-electron chi connectivity index (χ2n) is 7.24. The molecule has 0 unspecified atom stereocenters. The van der Waals surface area contributed by atoms with Gasteiger partial charge in [-0.15, -0.1) is 0 Å². The van der Waals surface area contributed by atoms with Crippen LogP contribution in [0.2, 0.25) is 0 Å². The fourth-order valence-corrected chi connectivity index (χ4v) is 3.86. The number of imide groups is 1. The Kier molecular flexibility index (Phi) is 4.54. The topological polar surface area (TPSA) is 78.5 Å². The van der Waals surface area contributed by atoms with Crippen molar-refractivity contribution in [2.75, 3.05) is 11.9 Å². The summed E-state index contributed by atoms with van der Waals surface area (Å²) in [6, 6.07) is 5.19. The van der Waals surface area contributed by atoms with Gasteiger partial charge in [-0.2, -0.15) is 0 Å². The lowest BCUT2D eigenvalue weighted by atomic mass is 9.73. The highest BCUT2D eigenvalue weighted by Crippen LogP contribution is 2.38. The first-order valence-electron chi connectivity index (χ1n) is 8.85. The Balaban J connectivity index is 1.72. The van der Waals surface area contributed by atoms with Crippen LogP contribution in [-0.2, 0) is 9.59 Å². The Bertz CT molecular complexity index is 731. The number of amides is 4. The van der Waals surface area contributed by atoms with Gasteiger partial charge in [-0.3, -0.25) is 14.5 Å². The third kappa shape index (κ3) is 3.01. The predicted octanol–water partition coefficient (Wildman–Crippen LogP) is 2.74. The summed E-state index contributed by atoms with van der Waals surface area (Å²) in [5.41, 5.74) is 1.93. The number of rotatable bonds is 3. The van der Waals surface area contributed by atoms with E-state index < -0.39 is 11.6 Å². The highest BCUT2D eigenvalue weighted by molar-refractivity contribution is 6.10. The number of benzene rings is 1. The van der Waals surface area contributed by atoms with E-state index in [1.54, 1.807) is 0 Å². The SMILES string of the molecule is Cc1cccc(NC(=O)CN2C(=O)N[C@@]3(CCCC[C@@H]3C)C2=O)c1C. The first-order valence-corrected chi connectivity index (χ1v) is 8.85. The van der Waals surface area contributed by atoms with Gasteiger partial charge in [-0.1, -0.05) is 31.9 Å². The van der Waals surface area contributed by atoms with Gasteiger partial charge in [-0.05, 0) is 49.8 Å². The van der Waals surface area contributed by atoms with Crippen molar-refractivity contribution >= 4 is 23.5 Å². The largest absolute Gasteiger partial charge is 0.325 e. The normalized spacial score (nSPS) is 26.0. The number of nitrogens with zero attached hydrogens (tertiary/aromatic N) is 1. The number of urea groups is 1. The van der Waals surface area contributed by atoms with Gasteiger partial charge in [-0.25, -0.2) is 4.79 Å². The highest BCUT2D eigenvalue weighted by atomic mass is 16.2. The molecular weight excluding hydrogens is 318 g/mol. The maximum absolute atomic E-state index is 12.9. The van der Waals surface area contributed by atoms with Crippen molar-refractivity contribution in [1.29, 1.82) is 0 Å². The van der Waals surface area contributed by atoms with Gasteiger partial charge in [0.15, 0.2) is 0 Å². The minimum atomic E-state index is -0.825. The number of nitrogens with one attached hydrogen (secondary N) is 2. The lowest BCUT2D eigenvalue weighted by Crippen LogP contribution is -2.54. The van der Waals surface area contributed by atoms with Crippen molar-refractivity contribution in [3.8, 4) is 0 Å². The fraction of sp³-hybridized carbons (Fsp3) is 0.526. The predicted molar refractivity (Wildman–Crippen MR) is 95.2 cm³/mol. The number of aryl methyl sites for hydroxylation is 1. The van der Waals surface area contributed by atoms with Crippen molar-refractivity contribution < 1.29 is 14.4 Å². The maximum atomic E-state index is 12.9. The van der Waals surface area contributed by atoms with Crippen LogP contribution in [0.4, 0.5) is 10.5 Å². The molecule has 2 atom stereocenters. The van der Waals surface area contributed by atoms with Crippen LogP contribution in [0.15, 0.2) is 18.2 Å². The molecule has 1 aliphatic carbocycles. The van der Waals surface area contributed by atoms with Crippen LogP contribution < -0.4 is 10.6 Å². The summed E-state index contributed by atoms with van der Waals surface area (Å²) in [5.74, 6) is -0.539. The van der Waals surface area contributed by atoms with E-state index in [1.165, 1.54) is 0 Å². The van der Waals surface area contributed by atoms with Gasteiger partial charge in [0.25, 0.3) is 5.91 Å². The molecule has 134 valence electrons. The number of anilines is 1. The molecule has 1 saturated heterocycles. The van der Waals surface area contributed by atoms with Crippen LogP contribution in [0.3, 0.4) is 0 Å². The molecule has 6 nitrogen and oxygen atoms in total. The molecule has 4 amide bonds. The van der Waals surface area contributed by atoms with Crippen LogP contribution in [0, 0.1) is 19.8 Å². The van der Waals surface area contributed by atoms with Crippen LogP contribution in [0.5, 0.6) is 0 Å². The zero-order chi connectivity index (χ0) is 18.2. The minimum Gasteiger partial charge on any atom is -0.324 e. The van der Waals surface area contributed by atoms with E-state index in [2.05, 4.69) is 10.6 Å². The zero-order valence-corrected chi connectivity index (χ0v) is 15.0. The zero-order valence-electron chi connectivity index (χ0n) is 15.0. The molecule has 3 rings (SSSR count). The van der Waals surface area contributed by atoms with Crippen LogP contribution in [-0.4, -0.2) is 34.8 Å². The lowest BCUT2D eigenvalue weighted by molar-refractivity contribution is -0.136. The summed E-state index contributed by atoms with van der Waals surface area (Å²) in [7, 11) is 0. The van der Waals surface area contributed by atoms with E-state index >= 15 is 0 Å². The molecule has 1 aliphatic heterocycles. The first-order chi connectivity index (χ1) is 11.8. The van der Waals surface area contributed by atoms with Gasteiger partial charge in [0.1, 0.15) is 12.1 Å². The van der Waals surface area contributed by atoms with Crippen LogP contribution >= 0.6 is 0 Å². The summed E-state index contributed by atoms with van der Waals surface area (Å²) >= 11 is 0. The molecule has 1 aromatic rings. The molecule has 1 saturated carbocycles. The van der Waals surface area contributed by atoms with E-state index in [9.17, 15) is 14.4 Å². The maximum Gasteiger partial charge on any atom is 0.325 e. The standard InChI is InChI=1S/C19H25N3O3/c1-12-7-6-9-15(14(12)3)20-16(23)11-22-17(24)19(21-18(22)25)10-5-4-8-13(19)2/h6-7,9,13H,4-5,8,10-11H2,1-3H3,(H,20,23)(H,21,25)/t13-,19+/m0/s1. The summed E-state index contributed by atoms with van der Waals surface area (Å²) in [5, 5.41) is 5.67. The van der Waals surface area contributed by atoms with Crippen LogP contribution in [0.25, 0.3) is 0 Å². The summed E-state index contributed by atoms with van der Waals surface area (Å²) in [6.07, 6.45) is 3.54. The lowest BCUT2D eigenvalue weighted by Gasteiger charge is -2.36. The molecule has 2 aliphatic rings. The Morgan fingerprint density at radius 3 is 2.80 bits per heavy atom. The third-order valence-corrected chi connectivity index (χ3v) is 5.68. The van der Waals surface area contributed by atoms with Crippen molar-refractivity contribution in [1.82, 2.24) is 10.2 Å². The Morgan fingerprint density at radius 1 is 1.32 bits per heavy atom. The van der Waals surface area contributed by atoms with Gasteiger partial charge in [0.05, 0.1) is 0 Å². The minimum absolute atomic E-state index is 0.0878. The van der Waals surface area contributed by atoms with Crippen molar-refractivity contribution in [3.63, 3.8) is 0 Å². The second kappa shape index (κ2) is 6.50. The van der Waals surface area contributed by atoms with E-state index in [-0.39, 0.29) is 24.3 Å². The molecule has 2 N–H and O–H groups in total. The van der Waals surface area contributed by atoms with E-state index in [1.807, 2.05) is 39.0 Å². The molecule has 1 aromatic carbocycles. The number of hydrogen-bond donors (Lipinski definition) is 2. The molecule has 1 spiro atoms. The van der Waals surface area contributed by atoms with Crippen LogP contribution in [0.1, 0.15) is 43.7 Å². The van der Waals surface area contributed by atoms with E-state index in [4.69, 9.17) is 0 Å². The number of carbonyl (C=O) groups is 3. The van der Waals surface area contributed by atoms with Gasteiger partial charge < -0.3 is 10.6 Å². The molecule has 6 heteroatoms. The first kappa shape index (κ1) is 17.5. The Hall–Kier alpha value is -2.37. The van der Waals surface area contributed by atoms with E-state index in [0.717, 1.165) is 35.3 Å². The van der Waals surface area contributed by atoms with Crippen molar-refractivity contribution in [3.05, 3.63) is 29.3 Å². The molecule has 0 radical (unpaired) electrons. The van der Waals surface area contributed by atoms with Gasteiger partial charge >= 0.3 is 6.03 Å². The smallest absolute Gasteiger partial charge is 0.324 e. The average molecular weight is 343 g/mol. The van der Waals surface area contributed by atoms with Crippen molar-refractivity contribution in [2.45, 2.75) is 52.0 Å². The summed E-state index contributed by atoms with van der Waals surface area (Å²) in [6.45, 7) is 5.64. The highest BCUT2D eigenvalue weighted by Gasteiger charge is 2.55. The number of carbonyl (C=O) groups excluding carboxylic acids is 3. The van der Waals surface area contributed by atoms with E-state index in [0.29, 0.717) is 12.1 Å². The fourth-order valence-electron chi connectivity index (χ4n) is 3.86. The third-order valence-electron chi connectivity index (χ3n) is 5.68. The van der Waals surface area contributed by atoms with Crippen molar-refractivity contribution in [2.24, 2.45) is 5.92 Å². The van der Waals surface area contributed by atoms with Gasteiger partial charge in [0, 0.05) is 5.69 Å². The average Bonchev–Trinajstić information content (AvgIpc) is 2.80.